The van der Waals surface area contributed by atoms with E-state index in [1.165, 1.54) is 0 Å². The molecule has 0 saturated heterocycles. The monoisotopic (exact) mass is 410 g/mol. The van der Waals surface area contributed by atoms with E-state index in [-0.39, 0.29) is 6.54 Å². The molecule has 1 amide bonds. The summed E-state index contributed by atoms with van der Waals surface area (Å²) in [5, 5.41) is 3.37. The number of halogens is 1. The quantitative estimate of drug-likeness (QED) is 0.725. The van der Waals surface area contributed by atoms with E-state index >= 15 is 0 Å². The number of anilines is 1. The van der Waals surface area contributed by atoms with Crippen LogP contribution < -0.4 is 14.4 Å². The van der Waals surface area contributed by atoms with E-state index in [0.29, 0.717) is 23.1 Å². The number of carbonyl (C=O) groups is 1. The van der Waals surface area contributed by atoms with Crippen molar-refractivity contribution in [2.24, 2.45) is 0 Å². The van der Waals surface area contributed by atoms with Gasteiger partial charge in [0, 0.05) is 11.6 Å². The molecule has 0 aliphatic rings. The number of nitrogens with zero attached hydrogens (tertiary/aromatic N) is 1. The van der Waals surface area contributed by atoms with Gasteiger partial charge >= 0.3 is 0 Å². The van der Waals surface area contributed by atoms with Crippen LogP contribution in [0.3, 0.4) is 0 Å². The molecule has 6 nitrogen and oxygen atoms in total. The normalized spacial score (nSPS) is 12.3. The van der Waals surface area contributed by atoms with Crippen LogP contribution in [0.25, 0.3) is 0 Å². The fraction of sp³-hybridized carbons (Fsp3) is 0.316. The molecule has 0 radical (unpaired) electrons. The summed E-state index contributed by atoms with van der Waals surface area (Å²) in [5.41, 5.74) is 1.27. The number of rotatable bonds is 8. The van der Waals surface area contributed by atoms with E-state index in [4.69, 9.17) is 16.3 Å². The lowest BCUT2D eigenvalue weighted by Crippen LogP contribution is -2.47. The predicted octanol–water partition coefficient (Wildman–Crippen LogP) is 3.21. The van der Waals surface area contributed by atoms with Crippen molar-refractivity contribution in [2.75, 3.05) is 17.2 Å². The smallest absolute Gasteiger partial charge is 0.243 e. The Bertz CT molecular complexity index is 868. The van der Waals surface area contributed by atoms with Gasteiger partial charge in [-0.15, -0.1) is 0 Å². The Morgan fingerprint density at radius 1 is 1.15 bits per heavy atom. The summed E-state index contributed by atoms with van der Waals surface area (Å²) in [4.78, 5) is 12.5. The molecule has 0 heterocycles. The van der Waals surface area contributed by atoms with Gasteiger partial charge in [-0.2, -0.15) is 0 Å². The highest BCUT2D eigenvalue weighted by Crippen LogP contribution is 2.24. The summed E-state index contributed by atoms with van der Waals surface area (Å²) < 4.78 is 31.1. The van der Waals surface area contributed by atoms with Crippen molar-refractivity contribution < 1.29 is 17.9 Å². The van der Waals surface area contributed by atoms with Crippen LogP contribution >= 0.6 is 11.6 Å². The minimum atomic E-state index is -3.66. The van der Waals surface area contributed by atoms with Gasteiger partial charge in [0.2, 0.25) is 15.9 Å². The number of hydrogen-bond donors (Lipinski definition) is 1. The van der Waals surface area contributed by atoms with Gasteiger partial charge in [0.1, 0.15) is 11.8 Å². The van der Waals surface area contributed by atoms with Crippen LogP contribution in [0.5, 0.6) is 5.75 Å². The van der Waals surface area contributed by atoms with Gasteiger partial charge in [-0.05, 0) is 55.8 Å². The fourth-order valence-electron chi connectivity index (χ4n) is 2.60. The Balaban J connectivity index is 2.15. The Morgan fingerprint density at radius 2 is 1.74 bits per heavy atom. The maximum absolute atomic E-state index is 12.5. The molecule has 0 fully saturated rings. The maximum Gasteiger partial charge on any atom is 0.243 e. The number of ether oxygens (including phenoxy) is 1. The molecule has 0 aliphatic carbocycles. The second-order valence-corrected chi connectivity index (χ2v) is 8.30. The van der Waals surface area contributed by atoms with Crippen molar-refractivity contribution in [3.8, 4) is 5.75 Å². The Hall–Kier alpha value is -2.25. The molecule has 0 saturated carbocycles. The van der Waals surface area contributed by atoms with Gasteiger partial charge in [0.25, 0.3) is 0 Å². The second kappa shape index (κ2) is 9.10. The standard InChI is InChI=1S/C19H23ClN2O4S/c1-4-26-18-11-9-17(10-12-18)22(27(3,24)25)14(2)19(23)21-13-15-5-7-16(20)8-6-15/h5-12,14H,4,13H2,1-3H3,(H,21,23). The Kier molecular flexibility index (Phi) is 7.10. The van der Waals surface area contributed by atoms with E-state index in [1.54, 1.807) is 55.5 Å². The number of benzene rings is 2. The van der Waals surface area contributed by atoms with E-state index in [9.17, 15) is 13.2 Å². The molecular weight excluding hydrogens is 388 g/mol. The van der Waals surface area contributed by atoms with Crippen LogP contribution in [0.1, 0.15) is 19.4 Å². The summed E-state index contributed by atoms with van der Waals surface area (Å²) in [5.74, 6) is 0.235. The van der Waals surface area contributed by atoms with Crippen LogP contribution in [0, 0.1) is 0 Å². The summed E-state index contributed by atoms with van der Waals surface area (Å²) >= 11 is 5.85. The maximum atomic E-state index is 12.5. The van der Waals surface area contributed by atoms with Gasteiger partial charge in [0.05, 0.1) is 18.6 Å². The number of carbonyl (C=O) groups excluding carboxylic acids is 1. The first kappa shape index (κ1) is 21.1. The van der Waals surface area contributed by atoms with Crippen LogP contribution in [0.2, 0.25) is 5.02 Å². The van der Waals surface area contributed by atoms with Crippen LogP contribution in [-0.2, 0) is 21.4 Å². The highest BCUT2D eigenvalue weighted by molar-refractivity contribution is 7.92. The molecular formula is C19H23ClN2O4S. The molecule has 2 aromatic rings. The zero-order valence-corrected chi connectivity index (χ0v) is 17.0. The van der Waals surface area contributed by atoms with E-state index in [0.717, 1.165) is 16.1 Å². The van der Waals surface area contributed by atoms with Gasteiger partial charge in [0.15, 0.2) is 0 Å². The zero-order valence-electron chi connectivity index (χ0n) is 15.5. The third-order valence-corrected chi connectivity index (χ3v) is 5.36. The molecule has 0 spiro atoms. The topological polar surface area (TPSA) is 75.7 Å². The molecule has 0 aromatic heterocycles. The van der Waals surface area contributed by atoms with Crippen LogP contribution in [0.15, 0.2) is 48.5 Å². The van der Waals surface area contributed by atoms with Gasteiger partial charge in [-0.1, -0.05) is 23.7 Å². The highest BCUT2D eigenvalue weighted by atomic mass is 35.5. The van der Waals surface area contributed by atoms with Crippen molar-refractivity contribution in [3.05, 3.63) is 59.1 Å². The molecule has 2 aromatic carbocycles. The first-order valence-electron chi connectivity index (χ1n) is 8.46. The molecule has 0 bridgehead atoms. The lowest BCUT2D eigenvalue weighted by Gasteiger charge is -2.28. The molecule has 1 atom stereocenters. The summed E-state index contributed by atoms with van der Waals surface area (Å²) in [6, 6.07) is 12.7. The Labute approximate surface area is 165 Å². The van der Waals surface area contributed by atoms with E-state index in [2.05, 4.69) is 5.32 Å². The number of amides is 1. The van der Waals surface area contributed by atoms with Crippen molar-refractivity contribution in [2.45, 2.75) is 26.4 Å². The zero-order chi connectivity index (χ0) is 20.0. The molecule has 27 heavy (non-hydrogen) atoms. The predicted molar refractivity (Wildman–Crippen MR) is 108 cm³/mol. The molecule has 0 aliphatic heterocycles. The van der Waals surface area contributed by atoms with Gasteiger partial charge in [-0.3, -0.25) is 9.10 Å². The van der Waals surface area contributed by atoms with E-state index < -0.39 is 22.0 Å². The number of nitrogens with one attached hydrogen (secondary N) is 1. The first-order chi connectivity index (χ1) is 12.7. The molecule has 8 heteroatoms. The Morgan fingerprint density at radius 3 is 2.26 bits per heavy atom. The average molecular weight is 411 g/mol. The highest BCUT2D eigenvalue weighted by Gasteiger charge is 2.29. The van der Waals surface area contributed by atoms with Gasteiger partial charge < -0.3 is 10.1 Å². The summed E-state index contributed by atoms with van der Waals surface area (Å²) in [6.07, 6.45) is 1.08. The lowest BCUT2D eigenvalue weighted by molar-refractivity contribution is -0.122. The van der Waals surface area contributed by atoms with Gasteiger partial charge in [-0.25, -0.2) is 8.42 Å². The van der Waals surface area contributed by atoms with Crippen molar-refractivity contribution in [1.82, 2.24) is 5.32 Å². The molecule has 1 N–H and O–H groups in total. The third-order valence-electron chi connectivity index (χ3n) is 3.87. The van der Waals surface area contributed by atoms with Crippen LogP contribution in [0.4, 0.5) is 5.69 Å². The summed E-state index contributed by atoms with van der Waals surface area (Å²) in [6.45, 7) is 4.21. The number of hydrogen-bond acceptors (Lipinski definition) is 4. The molecule has 1 unspecified atom stereocenters. The van der Waals surface area contributed by atoms with Crippen molar-refractivity contribution in [3.63, 3.8) is 0 Å². The summed E-state index contributed by atoms with van der Waals surface area (Å²) in [7, 11) is -3.66. The van der Waals surface area contributed by atoms with Crippen molar-refractivity contribution in [1.29, 1.82) is 0 Å². The molecule has 146 valence electrons. The fourth-order valence-corrected chi connectivity index (χ4v) is 3.90. The lowest BCUT2D eigenvalue weighted by atomic mass is 10.2. The first-order valence-corrected chi connectivity index (χ1v) is 10.7. The minimum Gasteiger partial charge on any atom is -0.494 e. The largest absolute Gasteiger partial charge is 0.494 e. The van der Waals surface area contributed by atoms with E-state index in [1.807, 2.05) is 6.92 Å². The molecule has 2 rings (SSSR count). The van der Waals surface area contributed by atoms with Crippen molar-refractivity contribution >= 4 is 33.2 Å². The SMILES string of the molecule is CCOc1ccc(N(C(C)C(=O)NCc2ccc(Cl)cc2)S(C)(=O)=O)cc1. The number of sulfonamides is 1. The van der Waals surface area contributed by atoms with Crippen LogP contribution in [-0.4, -0.2) is 33.2 Å². The second-order valence-electron chi connectivity index (χ2n) is 6.01. The third kappa shape index (κ3) is 5.87. The average Bonchev–Trinajstić information content (AvgIpc) is 2.61. The minimum absolute atomic E-state index is 0.279.